The van der Waals surface area contributed by atoms with E-state index in [-0.39, 0.29) is 6.10 Å². The first-order valence-corrected chi connectivity index (χ1v) is 16.6. The molecule has 4 nitrogen and oxygen atoms in total. The average Bonchev–Trinajstić information content (AvgIpc) is 3.33. The Balaban J connectivity index is 0.000000138. The van der Waals surface area contributed by atoms with E-state index in [4.69, 9.17) is 27.9 Å². The summed E-state index contributed by atoms with van der Waals surface area (Å²) in [5, 5.41) is 15.1. The van der Waals surface area contributed by atoms with Gasteiger partial charge in [0.1, 0.15) is 0 Å². The average molecular weight is 588 g/mol. The number of likely N-dealkylation sites (tertiary alicyclic amines) is 1. The number of fused-ring (bicyclic) bond motifs is 1. The molecule has 0 aromatic heterocycles. The Morgan fingerprint density at radius 1 is 0.675 bits per heavy atom. The van der Waals surface area contributed by atoms with Crippen molar-refractivity contribution in [3.05, 3.63) is 69.7 Å². The highest BCUT2D eigenvalue weighted by molar-refractivity contribution is 6.30. The summed E-state index contributed by atoms with van der Waals surface area (Å²) >= 11 is 11.8. The van der Waals surface area contributed by atoms with E-state index in [0.29, 0.717) is 18.2 Å². The van der Waals surface area contributed by atoms with Gasteiger partial charge in [-0.05, 0) is 150 Å². The van der Waals surface area contributed by atoms with E-state index in [1.54, 1.807) is 0 Å². The number of epoxide rings is 1. The molecule has 2 saturated carbocycles. The van der Waals surface area contributed by atoms with Crippen molar-refractivity contribution in [1.82, 2.24) is 10.2 Å². The molecule has 3 heterocycles. The number of halogens is 2. The highest BCUT2D eigenvalue weighted by atomic mass is 35.5. The zero-order valence-electron chi connectivity index (χ0n) is 24.0. The highest BCUT2D eigenvalue weighted by Crippen LogP contribution is 2.37. The molecule has 5 aliphatic rings. The Labute approximate surface area is 251 Å². The lowest BCUT2D eigenvalue weighted by Gasteiger charge is -2.37. The van der Waals surface area contributed by atoms with Crippen LogP contribution >= 0.6 is 23.2 Å². The largest absolute Gasteiger partial charge is 0.391 e. The molecule has 4 atom stereocenters. The molecule has 40 heavy (non-hydrogen) atoms. The van der Waals surface area contributed by atoms with Crippen molar-refractivity contribution in [2.24, 2.45) is 11.8 Å². The number of ether oxygens (including phenoxy) is 1. The van der Waals surface area contributed by atoms with Gasteiger partial charge in [0.2, 0.25) is 0 Å². The molecule has 7 rings (SSSR count). The lowest BCUT2D eigenvalue weighted by Crippen LogP contribution is -2.45. The third kappa shape index (κ3) is 9.44. The predicted octanol–water partition coefficient (Wildman–Crippen LogP) is 7.33. The van der Waals surface area contributed by atoms with Gasteiger partial charge in [-0.3, -0.25) is 4.90 Å². The molecule has 2 aliphatic carbocycles. The van der Waals surface area contributed by atoms with Crippen LogP contribution in [0.25, 0.3) is 0 Å². The van der Waals surface area contributed by atoms with Crippen LogP contribution in [0, 0.1) is 11.8 Å². The normalized spacial score (nSPS) is 28.7. The van der Waals surface area contributed by atoms with Crippen LogP contribution in [0.5, 0.6) is 0 Å². The van der Waals surface area contributed by atoms with Crippen LogP contribution in [0.15, 0.2) is 48.5 Å². The van der Waals surface area contributed by atoms with E-state index in [1.807, 2.05) is 24.3 Å². The summed E-state index contributed by atoms with van der Waals surface area (Å²) in [6.45, 7) is 4.66. The fraction of sp³-hybridized carbons (Fsp3) is 0.647. The van der Waals surface area contributed by atoms with Crippen LogP contribution in [0.4, 0.5) is 0 Å². The highest BCUT2D eigenvalue weighted by Gasteiger charge is 2.42. The second-order valence-electron chi connectivity index (χ2n) is 12.5. The van der Waals surface area contributed by atoms with Gasteiger partial charge in [0.15, 0.2) is 0 Å². The summed E-state index contributed by atoms with van der Waals surface area (Å²) < 4.78 is 5.15. The van der Waals surface area contributed by atoms with Crippen molar-refractivity contribution in [3.63, 3.8) is 0 Å². The number of hydrogen-bond donors (Lipinski definition) is 2. The van der Waals surface area contributed by atoms with Gasteiger partial charge in [0, 0.05) is 16.1 Å². The third-order valence-electron chi connectivity index (χ3n) is 9.56. The van der Waals surface area contributed by atoms with E-state index in [1.165, 1.54) is 88.4 Å². The molecule has 0 amide bonds. The molecule has 2 aromatic rings. The number of benzene rings is 2. The van der Waals surface area contributed by atoms with Gasteiger partial charge in [0.25, 0.3) is 0 Å². The zero-order chi connectivity index (χ0) is 27.7. The fourth-order valence-electron chi connectivity index (χ4n) is 7.04. The summed E-state index contributed by atoms with van der Waals surface area (Å²) in [6.07, 6.45) is 16.3. The molecule has 5 fully saturated rings. The molecule has 0 spiro atoms. The molecule has 0 bridgehead atoms. The minimum absolute atomic E-state index is 0.0807. The number of aliphatic hydroxyl groups excluding tert-OH is 1. The first kappa shape index (κ1) is 30.3. The second kappa shape index (κ2) is 15.4. The van der Waals surface area contributed by atoms with Crippen LogP contribution in [0.2, 0.25) is 10.0 Å². The topological polar surface area (TPSA) is 48.0 Å². The van der Waals surface area contributed by atoms with E-state index < -0.39 is 0 Å². The lowest BCUT2D eigenvalue weighted by molar-refractivity contribution is 0.0482. The first-order valence-electron chi connectivity index (χ1n) is 15.8. The van der Waals surface area contributed by atoms with Crippen LogP contribution in [-0.4, -0.2) is 60.5 Å². The van der Waals surface area contributed by atoms with Crippen molar-refractivity contribution in [3.8, 4) is 0 Å². The summed E-state index contributed by atoms with van der Waals surface area (Å²) in [6, 6.07) is 17.0. The van der Waals surface area contributed by atoms with E-state index >= 15 is 0 Å². The molecule has 220 valence electrons. The third-order valence-corrected chi connectivity index (χ3v) is 10.1. The van der Waals surface area contributed by atoms with Crippen LogP contribution in [-0.2, 0) is 17.6 Å². The Bertz CT molecular complexity index is 996. The summed E-state index contributed by atoms with van der Waals surface area (Å²) in [5.74, 6) is 1.64. The first-order chi connectivity index (χ1) is 19.5. The van der Waals surface area contributed by atoms with Crippen LogP contribution in [0.3, 0.4) is 0 Å². The van der Waals surface area contributed by atoms with Crippen molar-refractivity contribution in [1.29, 1.82) is 0 Å². The Morgan fingerprint density at radius 3 is 1.60 bits per heavy atom. The van der Waals surface area contributed by atoms with Crippen molar-refractivity contribution >= 4 is 23.2 Å². The SMILES string of the molecule is C1CC2OC2C1.Clc1ccc(CC2CCNCC2)cc1.O[C@@H]1CCC[C@H]1N1CCC(Cc2ccc(Cl)cc2)CC1. The van der Waals surface area contributed by atoms with Crippen molar-refractivity contribution in [2.75, 3.05) is 26.2 Å². The van der Waals surface area contributed by atoms with E-state index in [0.717, 1.165) is 47.8 Å². The maximum atomic E-state index is 10.0. The van der Waals surface area contributed by atoms with E-state index in [9.17, 15) is 5.11 Å². The molecular formula is C34H48Cl2N2O2. The number of nitrogens with zero attached hydrogens (tertiary/aromatic N) is 1. The number of aliphatic hydroxyl groups is 1. The summed E-state index contributed by atoms with van der Waals surface area (Å²) in [4.78, 5) is 2.52. The molecule has 2 unspecified atom stereocenters. The Hall–Kier alpha value is -1.14. The second-order valence-corrected chi connectivity index (χ2v) is 13.4. The maximum absolute atomic E-state index is 10.0. The molecular weight excluding hydrogens is 539 g/mol. The van der Waals surface area contributed by atoms with Gasteiger partial charge >= 0.3 is 0 Å². The predicted molar refractivity (Wildman–Crippen MR) is 166 cm³/mol. The van der Waals surface area contributed by atoms with Gasteiger partial charge in [0.05, 0.1) is 18.3 Å². The molecule has 2 N–H and O–H groups in total. The Morgan fingerprint density at radius 2 is 1.18 bits per heavy atom. The number of piperidine rings is 2. The van der Waals surface area contributed by atoms with Gasteiger partial charge in [-0.25, -0.2) is 0 Å². The minimum atomic E-state index is -0.0807. The zero-order valence-corrected chi connectivity index (χ0v) is 25.5. The molecule has 3 aliphatic heterocycles. The fourth-order valence-corrected chi connectivity index (χ4v) is 7.29. The Kier molecular flexibility index (Phi) is 11.6. The molecule has 3 saturated heterocycles. The van der Waals surface area contributed by atoms with Crippen LogP contribution < -0.4 is 5.32 Å². The maximum Gasteiger partial charge on any atom is 0.0841 e. The van der Waals surface area contributed by atoms with Gasteiger partial charge in [-0.2, -0.15) is 0 Å². The number of hydrogen-bond acceptors (Lipinski definition) is 4. The molecule has 0 radical (unpaired) electrons. The van der Waals surface area contributed by atoms with Crippen molar-refractivity contribution in [2.45, 2.75) is 101 Å². The summed E-state index contributed by atoms with van der Waals surface area (Å²) in [5.41, 5.74) is 2.81. The molecule has 2 aromatic carbocycles. The monoisotopic (exact) mass is 586 g/mol. The standard InChI is InChI=1S/C17H24ClNO.C12H16ClN.C5H8O/c18-15-6-4-13(5-7-15)12-14-8-10-19(11-9-14)16-2-1-3-17(16)20;13-12-3-1-10(2-4-12)9-11-5-7-14-8-6-11;1-2-4-5(3-1)6-4/h4-7,14,16-17,20H,1-3,8-12H2;1-4,11,14H,5-9H2;4-5H,1-3H2/t16-,17-;;/m1../s1. The minimum Gasteiger partial charge on any atom is -0.391 e. The van der Waals surface area contributed by atoms with Gasteiger partial charge in [-0.1, -0.05) is 47.5 Å². The van der Waals surface area contributed by atoms with Gasteiger partial charge in [-0.15, -0.1) is 0 Å². The smallest absolute Gasteiger partial charge is 0.0841 e. The number of rotatable bonds is 5. The van der Waals surface area contributed by atoms with Crippen LogP contribution in [0.1, 0.15) is 75.3 Å². The molecule has 6 heteroatoms. The summed E-state index contributed by atoms with van der Waals surface area (Å²) in [7, 11) is 0. The lowest BCUT2D eigenvalue weighted by atomic mass is 9.89. The quantitative estimate of drug-likeness (QED) is 0.360. The van der Waals surface area contributed by atoms with Gasteiger partial charge < -0.3 is 15.2 Å². The van der Waals surface area contributed by atoms with Crippen molar-refractivity contribution < 1.29 is 9.84 Å². The van der Waals surface area contributed by atoms with E-state index in [2.05, 4.69) is 34.5 Å². The number of nitrogens with one attached hydrogen (secondary N) is 1.